The topological polar surface area (TPSA) is 77.5 Å². The number of amides is 1. The third-order valence-corrected chi connectivity index (χ3v) is 8.39. The van der Waals surface area contributed by atoms with Crippen molar-refractivity contribution in [3.8, 4) is 6.07 Å². The van der Waals surface area contributed by atoms with E-state index in [9.17, 15) is 10.1 Å². The maximum Gasteiger partial charge on any atom is 0.254 e. The Morgan fingerprint density at radius 2 is 1.92 bits per heavy atom. The number of carbonyl (C=O) groups is 1. The largest absolute Gasteiger partial charge is 0.355 e. The van der Waals surface area contributed by atoms with Crippen molar-refractivity contribution in [1.29, 1.82) is 5.26 Å². The summed E-state index contributed by atoms with van der Waals surface area (Å²) in [5, 5.41) is 16.7. The molecule has 2 fully saturated rings. The quantitative estimate of drug-likeness (QED) is 0.354. The number of benzene rings is 2. The molecule has 0 radical (unpaired) electrons. The summed E-state index contributed by atoms with van der Waals surface area (Å²) in [5.41, 5.74) is 4.61. The minimum atomic E-state index is -0.0762. The highest BCUT2D eigenvalue weighted by atomic mass is 16.2. The van der Waals surface area contributed by atoms with Crippen LogP contribution in [0.5, 0.6) is 0 Å². The van der Waals surface area contributed by atoms with E-state index < -0.39 is 0 Å². The molecule has 1 amide bonds. The predicted octanol–water partition coefficient (Wildman–Crippen LogP) is 5.72. The van der Waals surface area contributed by atoms with Crippen LogP contribution in [0.4, 0.5) is 5.82 Å². The third-order valence-electron chi connectivity index (χ3n) is 8.39. The second-order valence-corrected chi connectivity index (χ2v) is 11.0. The number of likely N-dealkylation sites (tertiary alicyclic amines) is 1. The fourth-order valence-corrected chi connectivity index (χ4v) is 6.23. The van der Waals surface area contributed by atoms with E-state index in [4.69, 9.17) is 10.1 Å². The number of rotatable bonds is 4. The van der Waals surface area contributed by atoms with E-state index in [0.29, 0.717) is 12.5 Å². The summed E-state index contributed by atoms with van der Waals surface area (Å²) in [6, 6.07) is 16.9. The Kier molecular flexibility index (Phi) is 6.27. The van der Waals surface area contributed by atoms with E-state index in [1.165, 1.54) is 5.39 Å². The van der Waals surface area contributed by atoms with Gasteiger partial charge in [0, 0.05) is 43.0 Å². The Bertz CT molecular complexity index is 1570. The minimum absolute atomic E-state index is 0.0258. The summed E-state index contributed by atoms with van der Waals surface area (Å²) >= 11 is 0. The molecule has 38 heavy (non-hydrogen) atoms. The van der Waals surface area contributed by atoms with Crippen LogP contribution in [0, 0.1) is 30.1 Å². The van der Waals surface area contributed by atoms with Gasteiger partial charge in [-0.05, 0) is 60.9 Å². The molecule has 2 aromatic carbocycles. The van der Waals surface area contributed by atoms with Crippen molar-refractivity contribution in [3.05, 3.63) is 71.0 Å². The van der Waals surface area contributed by atoms with Crippen LogP contribution in [0.15, 0.2) is 48.7 Å². The third kappa shape index (κ3) is 4.18. The normalized spacial score (nSPS) is 21.8. The van der Waals surface area contributed by atoms with Crippen molar-refractivity contribution >= 4 is 28.1 Å². The number of fused-ring (bicyclic) bond motifs is 2. The summed E-state index contributed by atoms with van der Waals surface area (Å²) in [5.74, 6) is 1.36. The Morgan fingerprint density at radius 3 is 2.66 bits per heavy atom. The van der Waals surface area contributed by atoms with Crippen LogP contribution in [0.25, 0.3) is 16.4 Å². The van der Waals surface area contributed by atoms with E-state index in [0.717, 1.165) is 78.0 Å². The molecule has 2 aliphatic heterocycles. The average Bonchev–Trinajstić information content (AvgIpc) is 3.53. The molecule has 0 N–H and O–H groups in total. The number of anilines is 1. The lowest BCUT2D eigenvalue weighted by atomic mass is 9.94. The first-order chi connectivity index (χ1) is 18.5. The van der Waals surface area contributed by atoms with Crippen molar-refractivity contribution in [3.63, 3.8) is 0 Å². The van der Waals surface area contributed by atoms with Gasteiger partial charge in [0.1, 0.15) is 5.82 Å². The first-order valence-electron chi connectivity index (χ1n) is 13.8. The minimum Gasteiger partial charge on any atom is -0.355 e. The van der Waals surface area contributed by atoms with Crippen LogP contribution in [0.1, 0.15) is 66.3 Å². The van der Waals surface area contributed by atoms with Gasteiger partial charge in [0.05, 0.1) is 23.7 Å². The fraction of sp³-hybridized carbons (Fsp3) is 0.419. The van der Waals surface area contributed by atoms with Gasteiger partial charge < -0.3 is 9.80 Å². The predicted molar refractivity (Wildman–Crippen MR) is 149 cm³/mol. The molecule has 194 valence electrons. The van der Waals surface area contributed by atoms with Gasteiger partial charge in [0.25, 0.3) is 5.91 Å². The molecule has 3 atom stereocenters. The van der Waals surface area contributed by atoms with Gasteiger partial charge in [-0.25, -0.2) is 9.50 Å². The second kappa shape index (κ2) is 9.75. The second-order valence-electron chi connectivity index (χ2n) is 11.0. The van der Waals surface area contributed by atoms with E-state index >= 15 is 0 Å². The Labute approximate surface area is 223 Å². The van der Waals surface area contributed by atoms with Gasteiger partial charge in [-0.3, -0.25) is 4.79 Å². The standard InChI is InChI=1S/C31H34N6O/c1-4-22-13-23-9-5-6-10-24(23)14-26(22)31(38)36-12-8-7-11-28(36)27-15-29-33-30(21(3)18-37(29)34-27)35-17-20(2)25(16-32)19-35/h5-6,9-10,13-15,18,20,25,28H,4,7-8,11-12,17,19H2,1-3H3/t20-,25+,28-/m0/s1. The highest BCUT2D eigenvalue weighted by Gasteiger charge is 2.33. The monoisotopic (exact) mass is 506 g/mol. The molecule has 0 aliphatic carbocycles. The van der Waals surface area contributed by atoms with Crippen molar-refractivity contribution in [2.75, 3.05) is 24.5 Å². The van der Waals surface area contributed by atoms with Crippen molar-refractivity contribution in [2.24, 2.45) is 11.8 Å². The number of aryl methyl sites for hydroxylation is 2. The lowest BCUT2D eigenvalue weighted by molar-refractivity contribution is 0.0605. The number of hydrogen-bond acceptors (Lipinski definition) is 5. The summed E-state index contributed by atoms with van der Waals surface area (Å²) in [7, 11) is 0. The first-order valence-corrected chi connectivity index (χ1v) is 13.8. The lowest BCUT2D eigenvalue weighted by Gasteiger charge is -2.35. The zero-order chi connectivity index (χ0) is 26.4. The molecular formula is C31H34N6O. The zero-order valence-corrected chi connectivity index (χ0v) is 22.4. The summed E-state index contributed by atoms with van der Waals surface area (Å²) < 4.78 is 1.85. The number of nitriles is 1. The van der Waals surface area contributed by atoms with Crippen molar-refractivity contribution in [1.82, 2.24) is 19.5 Å². The molecule has 4 heterocycles. The summed E-state index contributed by atoms with van der Waals surface area (Å²) in [4.78, 5) is 23.3. The van der Waals surface area contributed by atoms with Crippen LogP contribution >= 0.6 is 0 Å². The number of carbonyl (C=O) groups excluding carboxylic acids is 1. The van der Waals surface area contributed by atoms with Gasteiger partial charge in [-0.15, -0.1) is 0 Å². The number of piperidine rings is 1. The molecule has 4 aromatic rings. The molecule has 2 aromatic heterocycles. The van der Waals surface area contributed by atoms with Crippen LogP contribution in [0.2, 0.25) is 0 Å². The molecular weight excluding hydrogens is 472 g/mol. The molecule has 0 bridgehead atoms. The molecule has 2 aliphatic rings. The highest BCUT2D eigenvalue weighted by molar-refractivity contribution is 6.00. The Morgan fingerprint density at radius 1 is 1.13 bits per heavy atom. The van der Waals surface area contributed by atoms with Gasteiger partial charge in [-0.2, -0.15) is 10.4 Å². The van der Waals surface area contributed by atoms with E-state index in [1.807, 2.05) is 33.8 Å². The fourth-order valence-electron chi connectivity index (χ4n) is 6.23. The Hall–Kier alpha value is -3.92. The lowest BCUT2D eigenvalue weighted by Crippen LogP contribution is -2.39. The van der Waals surface area contributed by atoms with Crippen LogP contribution in [0.3, 0.4) is 0 Å². The molecule has 7 heteroatoms. The molecule has 0 spiro atoms. The van der Waals surface area contributed by atoms with Gasteiger partial charge in [0.15, 0.2) is 5.65 Å². The molecule has 6 rings (SSSR count). The molecule has 0 saturated carbocycles. The van der Waals surface area contributed by atoms with Crippen LogP contribution in [-0.2, 0) is 6.42 Å². The number of nitrogens with zero attached hydrogens (tertiary/aromatic N) is 6. The zero-order valence-electron chi connectivity index (χ0n) is 22.4. The van der Waals surface area contributed by atoms with Gasteiger partial charge in [-0.1, -0.05) is 44.2 Å². The highest BCUT2D eigenvalue weighted by Crippen LogP contribution is 2.34. The van der Waals surface area contributed by atoms with E-state index in [1.54, 1.807) is 0 Å². The Balaban J connectivity index is 1.34. The number of hydrogen-bond donors (Lipinski definition) is 0. The van der Waals surface area contributed by atoms with E-state index in [2.05, 4.69) is 56.0 Å². The smallest absolute Gasteiger partial charge is 0.254 e. The van der Waals surface area contributed by atoms with Crippen molar-refractivity contribution in [2.45, 2.75) is 52.5 Å². The summed E-state index contributed by atoms with van der Waals surface area (Å²) in [6.45, 7) is 8.57. The first kappa shape index (κ1) is 24.4. The van der Waals surface area contributed by atoms with Crippen LogP contribution < -0.4 is 4.90 Å². The van der Waals surface area contributed by atoms with E-state index in [-0.39, 0.29) is 17.9 Å². The average molecular weight is 507 g/mol. The van der Waals surface area contributed by atoms with Gasteiger partial charge >= 0.3 is 0 Å². The molecule has 0 unspecified atom stereocenters. The maximum absolute atomic E-state index is 14.0. The molecule has 7 nitrogen and oxygen atoms in total. The van der Waals surface area contributed by atoms with Gasteiger partial charge in [0.2, 0.25) is 0 Å². The van der Waals surface area contributed by atoms with Crippen LogP contribution in [-0.4, -0.2) is 45.0 Å². The number of aromatic nitrogens is 3. The summed E-state index contributed by atoms with van der Waals surface area (Å²) in [6.07, 6.45) is 5.80. The van der Waals surface area contributed by atoms with Crippen molar-refractivity contribution < 1.29 is 4.79 Å². The SMILES string of the molecule is CCc1cc2ccccc2cc1C(=O)N1CCCC[C@H]1c1cc2nc(N3C[C@@H](C#N)[C@@H](C)C3)c(C)cn2n1. The maximum atomic E-state index is 14.0. The molecule has 2 saturated heterocycles.